The number of nitrogens with zero attached hydrogens (tertiary/aromatic N) is 3. The fraction of sp³-hybridized carbons (Fsp3) is 0.300. The maximum Gasteiger partial charge on any atom is 0.313 e. The molecule has 2 aromatic heterocycles. The van der Waals surface area contributed by atoms with E-state index < -0.39 is 5.97 Å². The summed E-state index contributed by atoms with van der Waals surface area (Å²) in [4.78, 5) is 10.5. The second-order valence-corrected chi connectivity index (χ2v) is 4.26. The quantitative estimate of drug-likeness (QED) is 0.781. The fourth-order valence-electron chi connectivity index (χ4n) is 1.32. The molecule has 0 aliphatic carbocycles. The van der Waals surface area contributed by atoms with Crippen LogP contribution in [0.1, 0.15) is 5.76 Å². The van der Waals surface area contributed by atoms with Crippen molar-refractivity contribution in [2.75, 3.05) is 5.75 Å². The first kappa shape index (κ1) is 11.7. The topological polar surface area (TPSA) is 81.1 Å². The summed E-state index contributed by atoms with van der Waals surface area (Å²) in [7, 11) is 0. The van der Waals surface area contributed by atoms with Crippen LogP contribution in [-0.4, -0.2) is 31.6 Å². The third-order valence-corrected chi connectivity index (χ3v) is 3.05. The molecule has 0 amide bonds. The number of furan rings is 1. The van der Waals surface area contributed by atoms with Crippen molar-refractivity contribution in [3.63, 3.8) is 0 Å². The fourth-order valence-corrected chi connectivity index (χ4v) is 1.98. The molecule has 90 valence electrons. The molecule has 1 N–H and O–H groups in total. The zero-order valence-corrected chi connectivity index (χ0v) is 9.76. The zero-order valence-electron chi connectivity index (χ0n) is 8.94. The highest BCUT2D eigenvalue weighted by atomic mass is 32.2. The Balaban J connectivity index is 1.92. The van der Waals surface area contributed by atoms with Gasteiger partial charge in [-0.1, -0.05) is 11.8 Å². The highest BCUT2D eigenvalue weighted by Crippen LogP contribution is 2.15. The third kappa shape index (κ3) is 3.35. The molecule has 0 radical (unpaired) electrons. The number of carboxylic acids is 1. The van der Waals surface area contributed by atoms with Crippen LogP contribution in [0.5, 0.6) is 0 Å². The van der Waals surface area contributed by atoms with Crippen LogP contribution in [0.3, 0.4) is 0 Å². The minimum absolute atomic E-state index is 0.0144. The van der Waals surface area contributed by atoms with Crippen molar-refractivity contribution in [1.82, 2.24) is 14.8 Å². The maximum absolute atomic E-state index is 10.5. The van der Waals surface area contributed by atoms with E-state index in [2.05, 4.69) is 10.2 Å². The molecule has 0 saturated carbocycles. The first-order valence-electron chi connectivity index (χ1n) is 5.00. The molecular weight excluding hydrogens is 242 g/mol. The van der Waals surface area contributed by atoms with Crippen molar-refractivity contribution in [3.05, 3.63) is 30.5 Å². The van der Waals surface area contributed by atoms with E-state index in [1.54, 1.807) is 12.6 Å². The number of rotatable bonds is 6. The molecule has 0 aliphatic rings. The number of aryl methyl sites for hydroxylation is 2. The maximum atomic E-state index is 10.5. The normalized spacial score (nSPS) is 10.6. The van der Waals surface area contributed by atoms with Crippen LogP contribution in [0.15, 0.2) is 34.3 Å². The highest BCUT2D eigenvalue weighted by Gasteiger charge is 2.08. The van der Waals surface area contributed by atoms with E-state index in [0.717, 1.165) is 23.9 Å². The monoisotopic (exact) mass is 253 g/mol. The van der Waals surface area contributed by atoms with Crippen molar-refractivity contribution in [2.45, 2.75) is 18.1 Å². The van der Waals surface area contributed by atoms with Gasteiger partial charge in [-0.25, -0.2) is 0 Å². The van der Waals surface area contributed by atoms with E-state index in [1.807, 2.05) is 16.7 Å². The van der Waals surface area contributed by atoms with E-state index in [9.17, 15) is 4.79 Å². The molecule has 2 aromatic rings. The Hall–Kier alpha value is -1.76. The summed E-state index contributed by atoms with van der Waals surface area (Å²) in [6, 6.07) is 3.73. The van der Waals surface area contributed by atoms with Gasteiger partial charge in [0.1, 0.15) is 12.1 Å². The standard InChI is InChI=1S/C10H11N3O3S/c14-9(15)6-17-10-12-11-7-13(10)4-3-8-2-1-5-16-8/h1-2,5,7H,3-4,6H2,(H,14,15). The lowest BCUT2D eigenvalue weighted by molar-refractivity contribution is -0.133. The van der Waals surface area contributed by atoms with E-state index in [4.69, 9.17) is 9.52 Å². The van der Waals surface area contributed by atoms with Crippen LogP contribution in [0.2, 0.25) is 0 Å². The van der Waals surface area contributed by atoms with Gasteiger partial charge in [-0.05, 0) is 12.1 Å². The Kier molecular flexibility index (Phi) is 3.81. The van der Waals surface area contributed by atoms with Gasteiger partial charge in [-0.3, -0.25) is 4.79 Å². The lowest BCUT2D eigenvalue weighted by Gasteiger charge is -2.03. The van der Waals surface area contributed by atoms with Crippen LogP contribution in [-0.2, 0) is 17.8 Å². The smallest absolute Gasteiger partial charge is 0.313 e. The summed E-state index contributed by atoms with van der Waals surface area (Å²) in [5.74, 6) is 0.00266. The van der Waals surface area contributed by atoms with Gasteiger partial charge in [-0.2, -0.15) is 0 Å². The van der Waals surface area contributed by atoms with E-state index in [-0.39, 0.29) is 5.75 Å². The minimum Gasteiger partial charge on any atom is -0.481 e. The Morgan fingerprint density at radius 3 is 3.18 bits per heavy atom. The number of aromatic nitrogens is 3. The molecule has 0 fully saturated rings. The van der Waals surface area contributed by atoms with Gasteiger partial charge >= 0.3 is 5.97 Å². The van der Waals surface area contributed by atoms with Crippen molar-refractivity contribution >= 4 is 17.7 Å². The molecule has 0 spiro atoms. The number of carbonyl (C=O) groups is 1. The van der Waals surface area contributed by atoms with Crippen LogP contribution in [0, 0.1) is 0 Å². The number of thioether (sulfide) groups is 1. The molecule has 0 unspecified atom stereocenters. The van der Waals surface area contributed by atoms with E-state index in [1.165, 1.54) is 0 Å². The number of hydrogen-bond donors (Lipinski definition) is 1. The van der Waals surface area contributed by atoms with Crippen molar-refractivity contribution in [1.29, 1.82) is 0 Å². The van der Waals surface area contributed by atoms with Crippen LogP contribution >= 0.6 is 11.8 Å². The van der Waals surface area contributed by atoms with Crippen molar-refractivity contribution in [3.8, 4) is 0 Å². The van der Waals surface area contributed by atoms with Gasteiger partial charge in [0.2, 0.25) is 0 Å². The molecule has 0 aliphatic heterocycles. The van der Waals surface area contributed by atoms with Crippen LogP contribution < -0.4 is 0 Å². The van der Waals surface area contributed by atoms with Crippen LogP contribution in [0.4, 0.5) is 0 Å². The Morgan fingerprint density at radius 2 is 2.47 bits per heavy atom. The molecule has 2 rings (SSSR count). The van der Waals surface area contributed by atoms with Gasteiger partial charge < -0.3 is 14.1 Å². The summed E-state index contributed by atoms with van der Waals surface area (Å²) in [5, 5.41) is 16.8. The molecule has 2 heterocycles. The third-order valence-electron chi connectivity index (χ3n) is 2.08. The molecular formula is C10H11N3O3S. The lowest BCUT2D eigenvalue weighted by Crippen LogP contribution is -2.04. The lowest BCUT2D eigenvalue weighted by atomic mass is 10.3. The van der Waals surface area contributed by atoms with Crippen molar-refractivity contribution in [2.24, 2.45) is 0 Å². The molecule has 0 bridgehead atoms. The minimum atomic E-state index is -0.865. The van der Waals surface area contributed by atoms with E-state index >= 15 is 0 Å². The van der Waals surface area contributed by atoms with Crippen LogP contribution in [0.25, 0.3) is 0 Å². The number of carboxylic acid groups (broad SMARTS) is 1. The van der Waals surface area contributed by atoms with Gasteiger partial charge in [0.05, 0.1) is 12.0 Å². The second kappa shape index (κ2) is 5.53. The SMILES string of the molecule is O=C(O)CSc1nncn1CCc1ccco1. The molecule has 6 nitrogen and oxygen atoms in total. The van der Waals surface area contributed by atoms with Gasteiger partial charge in [0.15, 0.2) is 5.16 Å². The molecule has 7 heteroatoms. The Bertz CT molecular complexity index is 481. The summed E-state index contributed by atoms with van der Waals surface area (Å²) in [6.07, 6.45) is 3.94. The average Bonchev–Trinajstić information content (AvgIpc) is 2.95. The summed E-state index contributed by atoms with van der Waals surface area (Å²) in [6.45, 7) is 0.669. The Morgan fingerprint density at radius 1 is 1.59 bits per heavy atom. The molecule has 0 saturated heterocycles. The number of aliphatic carboxylic acids is 1. The first-order valence-corrected chi connectivity index (χ1v) is 5.99. The van der Waals surface area contributed by atoms with E-state index in [0.29, 0.717) is 11.7 Å². The molecule has 0 aromatic carbocycles. The zero-order chi connectivity index (χ0) is 12.1. The Labute approximate surface area is 102 Å². The predicted octanol–water partition coefficient (Wildman–Crippen LogP) is 1.29. The molecule has 17 heavy (non-hydrogen) atoms. The van der Waals surface area contributed by atoms with Gasteiger partial charge in [0, 0.05) is 13.0 Å². The largest absolute Gasteiger partial charge is 0.481 e. The summed E-state index contributed by atoms with van der Waals surface area (Å²) >= 11 is 1.16. The highest BCUT2D eigenvalue weighted by molar-refractivity contribution is 7.99. The first-order chi connectivity index (χ1) is 8.25. The summed E-state index contributed by atoms with van der Waals surface area (Å²) < 4.78 is 7.03. The second-order valence-electron chi connectivity index (χ2n) is 3.32. The predicted molar refractivity (Wildman–Crippen MR) is 60.8 cm³/mol. The average molecular weight is 253 g/mol. The van der Waals surface area contributed by atoms with Gasteiger partial charge in [0.25, 0.3) is 0 Å². The van der Waals surface area contributed by atoms with Gasteiger partial charge in [-0.15, -0.1) is 10.2 Å². The summed E-state index contributed by atoms with van der Waals surface area (Å²) in [5.41, 5.74) is 0. The van der Waals surface area contributed by atoms with Crippen molar-refractivity contribution < 1.29 is 14.3 Å². The number of hydrogen-bond acceptors (Lipinski definition) is 5. The molecule has 0 atom stereocenters.